The first-order chi connectivity index (χ1) is 11.7. The summed E-state index contributed by atoms with van der Waals surface area (Å²) in [7, 11) is 0. The quantitative estimate of drug-likeness (QED) is 0.767. The van der Waals surface area contributed by atoms with Crippen LogP contribution in [0.2, 0.25) is 0 Å². The number of fused-ring (bicyclic) bond motifs is 2. The van der Waals surface area contributed by atoms with Crippen molar-refractivity contribution in [2.75, 3.05) is 0 Å². The summed E-state index contributed by atoms with van der Waals surface area (Å²) in [6.07, 6.45) is 2.63. The molecular formula is C19H24O6. The highest BCUT2D eigenvalue weighted by molar-refractivity contribution is 5.96. The highest BCUT2D eigenvalue weighted by Crippen LogP contribution is 2.60. The molecule has 4 aliphatic rings. The van der Waals surface area contributed by atoms with Crippen LogP contribution in [0.4, 0.5) is 0 Å². The number of hydrogen-bond acceptors (Lipinski definition) is 6. The van der Waals surface area contributed by atoms with Crippen molar-refractivity contribution in [3.63, 3.8) is 0 Å². The number of rotatable bonds is 2. The van der Waals surface area contributed by atoms with Crippen LogP contribution >= 0.6 is 0 Å². The van der Waals surface area contributed by atoms with Crippen molar-refractivity contribution in [1.29, 1.82) is 0 Å². The van der Waals surface area contributed by atoms with Gasteiger partial charge < -0.3 is 19.3 Å². The Balaban J connectivity index is 1.84. The smallest absolute Gasteiger partial charge is 0.318 e. The van der Waals surface area contributed by atoms with Crippen LogP contribution < -0.4 is 0 Å². The maximum absolute atomic E-state index is 12.8. The van der Waals surface area contributed by atoms with Crippen LogP contribution in [0, 0.1) is 17.3 Å². The number of carbonyl (C=O) groups is 2. The first-order valence-corrected chi connectivity index (χ1v) is 8.94. The van der Waals surface area contributed by atoms with Crippen molar-refractivity contribution in [3.05, 3.63) is 23.5 Å². The molecule has 1 N–H and O–H groups in total. The molecule has 7 atom stereocenters. The molecule has 6 nitrogen and oxygen atoms in total. The number of ketones is 1. The summed E-state index contributed by atoms with van der Waals surface area (Å²) in [5.41, 5.74) is -0.409. The van der Waals surface area contributed by atoms with Crippen LogP contribution in [0.3, 0.4) is 0 Å². The molecule has 2 bridgehead atoms. The third kappa shape index (κ3) is 1.98. The summed E-state index contributed by atoms with van der Waals surface area (Å²) < 4.78 is 17.6. The Kier molecular flexibility index (Phi) is 3.48. The SMILES string of the molecule is CCC(C)C1(O)OC2CC3OC(=CC3=O)C(C)=CC3OC(=O)C1(C)C32. The van der Waals surface area contributed by atoms with E-state index >= 15 is 0 Å². The molecule has 25 heavy (non-hydrogen) atoms. The zero-order valence-electron chi connectivity index (χ0n) is 14.9. The summed E-state index contributed by atoms with van der Waals surface area (Å²) in [5.74, 6) is -2.25. The van der Waals surface area contributed by atoms with E-state index in [2.05, 4.69) is 0 Å². The predicted octanol–water partition coefficient (Wildman–Crippen LogP) is 1.87. The Morgan fingerprint density at radius 3 is 2.76 bits per heavy atom. The second-order valence-corrected chi connectivity index (χ2v) is 7.86. The summed E-state index contributed by atoms with van der Waals surface area (Å²) >= 11 is 0. The van der Waals surface area contributed by atoms with Crippen molar-refractivity contribution in [1.82, 2.24) is 0 Å². The lowest BCUT2D eigenvalue weighted by atomic mass is 9.66. The molecular weight excluding hydrogens is 324 g/mol. The van der Waals surface area contributed by atoms with Crippen molar-refractivity contribution in [2.24, 2.45) is 17.3 Å². The van der Waals surface area contributed by atoms with Gasteiger partial charge in [-0.25, -0.2) is 0 Å². The van der Waals surface area contributed by atoms with Gasteiger partial charge in [-0.3, -0.25) is 9.59 Å². The molecule has 6 heteroatoms. The first-order valence-electron chi connectivity index (χ1n) is 8.94. The van der Waals surface area contributed by atoms with Crippen LogP contribution in [0.15, 0.2) is 23.5 Å². The van der Waals surface area contributed by atoms with Gasteiger partial charge in [-0.2, -0.15) is 0 Å². The number of ether oxygens (including phenoxy) is 3. The Bertz CT molecular complexity index is 709. The second kappa shape index (κ2) is 5.17. The molecule has 4 aliphatic heterocycles. The fourth-order valence-electron chi connectivity index (χ4n) is 4.79. The molecule has 0 amide bonds. The topological polar surface area (TPSA) is 82.1 Å². The number of hydrogen-bond donors (Lipinski definition) is 1. The lowest BCUT2D eigenvalue weighted by Crippen LogP contribution is -2.53. The number of allylic oxidation sites excluding steroid dienone is 1. The van der Waals surface area contributed by atoms with E-state index in [-0.39, 0.29) is 17.6 Å². The van der Waals surface area contributed by atoms with Crippen LogP contribution in [0.1, 0.15) is 40.5 Å². The van der Waals surface area contributed by atoms with Crippen LogP contribution in [0.25, 0.3) is 0 Å². The maximum Gasteiger partial charge on any atom is 0.318 e. The minimum absolute atomic E-state index is 0.101. The lowest BCUT2D eigenvalue weighted by Gasteiger charge is -2.38. The Hall–Kier alpha value is -1.66. The van der Waals surface area contributed by atoms with Crippen molar-refractivity contribution < 1.29 is 28.9 Å². The van der Waals surface area contributed by atoms with Gasteiger partial charge in [-0.1, -0.05) is 13.8 Å². The molecule has 7 unspecified atom stereocenters. The number of esters is 1. The molecule has 2 fully saturated rings. The van der Waals surface area contributed by atoms with E-state index in [0.29, 0.717) is 18.6 Å². The molecule has 136 valence electrons. The summed E-state index contributed by atoms with van der Waals surface area (Å²) in [5, 5.41) is 11.4. The fraction of sp³-hybridized carbons (Fsp3) is 0.684. The van der Waals surface area contributed by atoms with E-state index in [9.17, 15) is 14.7 Å². The average Bonchev–Trinajstić information content (AvgIpc) is 3.13. The molecule has 0 aromatic rings. The second-order valence-electron chi connectivity index (χ2n) is 7.86. The van der Waals surface area contributed by atoms with Gasteiger partial charge in [0, 0.05) is 24.3 Å². The molecule has 0 spiro atoms. The highest BCUT2D eigenvalue weighted by Gasteiger charge is 2.74. The Labute approximate surface area is 146 Å². The zero-order chi connectivity index (χ0) is 18.1. The molecule has 0 aromatic heterocycles. The number of aliphatic hydroxyl groups is 1. The lowest BCUT2D eigenvalue weighted by molar-refractivity contribution is -0.266. The van der Waals surface area contributed by atoms with Crippen molar-refractivity contribution in [3.8, 4) is 0 Å². The van der Waals surface area contributed by atoms with Crippen molar-refractivity contribution >= 4 is 11.8 Å². The molecule has 0 aliphatic carbocycles. The Morgan fingerprint density at radius 1 is 1.36 bits per heavy atom. The molecule has 0 radical (unpaired) electrons. The van der Waals surface area contributed by atoms with E-state index in [4.69, 9.17) is 14.2 Å². The van der Waals surface area contributed by atoms with Crippen LogP contribution in [0.5, 0.6) is 0 Å². The zero-order valence-corrected chi connectivity index (χ0v) is 14.9. The van der Waals surface area contributed by atoms with E-state index in [0.717, 1.165) is 5.57 Å². The Morgan fingerprint density at radius 2 is 2.08 bits per heavy atom. The van der Waals surface area contributed by atoms with Gasteiger partial charge in [0.1, 0.15) is 17.3 Å². The summed E-state index contributed by atoms with van der Waals surface area (Å²) in [6, 6.07) is 0. The fourth-order valence-corrected chi connectivity index (χ4v) is 4.79. The van der Waals surface area contributed by atoms with Crippen LogP contribution in [-0.2, 0) is 23.8 Å². The number of carbonyl (C=O) groups excluding carboxylic acids is 2. The normalized spacial score (nSPS) is 46.3. The summed E-state index contributed by atoms with van der Waals surface area (Å²) in [4.78, 5) is 25.0. The predicted molar refractivity (Wildman–Crippen MR) is 87.1 cm³/mol. The van der Waals surface area contributed by atoms with Gasteiger partial charge in [-0.05, 0) is 31.9 Å². The first kappa shape index (κ1) is 16.8. The van der Waals surface area contributed by atoms with Gasteiger partial charge in [0.2, 0.25) is 0 Å². The average molecular weight is 348 g/mol. The van der Waals surface area contributed by atoms with Gasteiger partial charge in [0.15, 0.2) is 17.7 Å². The van der Waals surface area contributed by atoms with Crippen molar-refractivity contribution in [2.45, 2.75) is 64.6 Å². The minimum Gasteiger partial charge on any atom is -0.482 e. The monoisotopic (exact) mass is 348 g/mol. The van der Waals surface area contributed by atoms with E-state index in [1.807, 2.05) is 26.8 Å². The molecule has 4 rings (SSSR count). The molecule has 0 saturated carbocycles. The summed E-state index contributed by atoms with van der Waals surface area (Å²) in [6.45, 7) is 7.38. The molecule has 0 aromatic carbocycles. The molecule has 4 heterocycles. The standard InChI is InChI=1S/C19H24O6/c1-5-10(3)19(22)18(4)16-14(24-17(18)21)6-9(2)12-7-11(20)13(23-12)8-15(16)25-19/h6-7,10,13-16,22H,5,8H2,1-4H3. The highest BCUT2D eigenvalue weighted by atomic mass is 16.7. The van der Waals surface area contributed by atoms with Gasteiger partial charge in [-0.15, -0.1) is 0 Å². The molecule has 2 saturated heterocycles. The van der Waals surface area contributed by atoms with E-state index < -0.39 is 35.5 Å². The largest absolute Gasteiger partial charge is 0.482 e. The van der Waals surface area contributed by atoms with Crippen LogP contribution in [-0.4, -0.2) is 41.0 Å². The third-order valence-electron chi connectivity index (χ3n) is 6.55. The van der Waals surface area contributed by atoms with Gasteiger partial charge in [0.25, 0.3) is 0 Å². The van der Waals surface area contributed by atoms with E-state index in [1.54, 1.807) is 6.92 Å². The van der Waals surface area contributed by atoms with E-state index in [1.165, 1.54) is 6.08 Å². The minimum atomic E-state index is -1.62. The van der Waals surface area contributed by atoms with Gasteiger partial charge >= 0.3 is 5.97 Å². The van der Waals surface area contributed by atoms with Gasteiger partial charge in [0.05, 0.1) is 6.10 Å². The third-order valence-corrected chi connectivity index (χ3v) is 6.55. The maximum atomic E-state index is 12.8.